The topological polar surface area (TPSA) is 55.0 Å². The summed E-state index contributed by atoms with van der Waals surface area (Å²) < 4.78 is 4.78. The molecule has 1 heterocycles. The number of aromatic nitrogens is 2. The normalized spacial score (nSPS) is 9.92. The molecular formula is C9H13N2O2. The van der Waals surface area contributed by atoms with E-state index in [1.165, 1.54) is 0 Å². The van der Waals surface area contributed by atoms with Crippen LogP contribution in [0.1, 0.15) is 25.6 Å². The first-order chi connectivity index (χ1) is 6.33. The van der Waals surface area contributed by atoms with Crippen molar-refractivity contribution in [2.45, 2.75) is 26.2 Å². The zero-order valence-corrected chi connectivity index (χ0v) is 7.67. The lowest BCUT2D eigenvalue weighted by Crippen LogP contribution is -2.04. The van der Waals surface area contributed by atoms with Crippen LogP contribution in [-0.4, -0.2) is 22.5 Å². The van der Waals surface area contributed by atoms with Crippen LogP contribution in [0.4, 0.5) is 0 Å². The van der Waals surface area contributed by atoms with Gasteiger partial charge >= 0.3 is 5.97 Å². The number of hydrogen-bond donors (Lipinski definition) is 1. The van der Waals surface area contributed by atoms with Crippen LogP contribution in [-0.2, 0) is 16.0 Å². The van der Waals surface area contributed by atoms with Gasteiger partial charge in [-0.1, -0.05) is 0 Å². The molecule has 0 aliphatic rings. The summed E-state index contributed by atoms with van der Waals surface area (Å²) in [5.41, 5.74) is 0. The van der Waals surface area contributed by atoms with Crippen molar-refractivity contribution in [2.24, 2.45) is 0 Å². The highest BCUT2D eigenvalue weighted by molar-refractivity contribution is 5.69. The Hall–Kier alpha value is -1.32. The Bertz CT molecular complexity index is 244. The summed E-state index contributed by atoms with van der Waals surface area (Å²) in [5, 5.41) is 0. The fourth-order valence-electron chi connectivity index (χ4n) is 1.02. The molecule has 1 radical (unpaired) electrons. The van der Waals surface area contributed by atoms with Gasteiger partial charge in [0.05, 0.1) is 6.61 Å². The van der Waals surface area contributed by atoms with Crippen molar-refractivity contribution in [3.05, 3.63) is 18.2 Å². The van der Waals surface area contributed by atoms with Crippen molar-refractivity contribution in [1.29, 1.82) is 0 Å². The van der Waals surface area contributed by atoms with Gasteiger partial charge < -0.3 is 9.72 Å². The number of carbonyl (C=O) groups excluding carboxylic acids is 1. The largest absolute Gasteiger partial charge is 0.466 e. The van der Waals surface area contributed by atoms with Crippen LogP contribution in [0.25, 0.3) is 0 Å². The Kier molecular flexibility index (Phi) is 4.02. The molecule has 1 aromatic heterocycles. The lowest BCUT2D eigenvalue weighted by molar-refractivity contribution is -0.143. The maximum Gasteiger partial charge on any atom is 0.305 e. The fraction of sp³-hybridized carbons (Fsp3) is 0.556. The number of carbonyl (C=O) groups is 1. The number of hydrogen-bond acceptors (Lipinski definition) is 3. The molecule has 0 amide bonds. The molecule has 0 saturated carbocycles. The molecule has 4 nitrogen and oxygen atoms in total. The third kappa shape index (κ3) is 3.73. The van der Waals surface area contributed by atoms with Crippen LogP contribution >= 0.6 is 0 Å². The van der Waals surface area contributed by atoms with Crippen LogP contribution in [0.15, 0.2) is 6.20 Å². The number of aryl methyl sites for hydroxylation is 1. The molecule has 0 aliphatic heterocycles. The van der Waals surface area contributed by atoms with E-state index in [0.29, 0.717) is 13.0 Å². The van der Waals surface area contributed by atoms with Gasteiger partial charge in [0.2, 0.25) is 0 Å². The minimum Gasteiger partial charge on any atom is -0.466 e. The molecule has 71 valence electrons. The Morgan fingerprint density at radius 3 is 3.23 bits per heavy atom. The Labute approximate surface area is 77.3 Å². The van der Waals surface area contributed by atoms with Crippen molar-refractivity contribution in [2.75, 3.05) is 6.61 Å². The molecular weight excluding hydrogens is 168 g/mol. The minimum absolute atomic E-state index is 0.141. The van der Waals surface area contributed by atoms with Crippen LogP contribution in [0, 0.1) is 6.20 Å². The van der Waals surface area contributed by atoms with E-state index >= 15 is 0 Å². The van der Waals surface area contributed by atoms with Crippen LogP contribution < -0.4 is 0 Å². The summed E-state index contributed by atoms with van der Waals surface area (Å²) in [6.07, 6.45) is 6.31. The molecule has 1 rings (SSSR count). The van der Waals surface area contributed by atoms with Crippen molar-refractivity contribution in [3.8, 4) is 0 Å². The molecule has 0 saturated heterocycles. The quantitative estimate of drug-likeness (QED) is 0.692. The second kappa shape index (κ2) is 5.35. The Morgan fingerprint density at radius 1 is 1.77 bits per heavy atom. The smallest absolute Gasteiger partial charge is 0.305 e. The van der Waals surface area contributed by atoms with E-state index in [9.17, 15) is 4.79 Å². The standard InChI is InChI=1S/C9H13N2O2/c1-2-13-9(12)5-3-4-8-10-6-7-11-8/h6H,2-5H2,1H3,(H,10,11). The number of nitrogens with zero attached hydrogens (tertiary/aromatic N) is 1. The van der Waals surface area contributed by atoms with Crippen molar-refractivity contribution in [3.63, 3.8) is 0 Å². The Balaban J connectivity index is 2.11. The van der Waals surface area contributed by atoms with Gasteiger partial charge in [-0.2, -0.15) is 0 Å². The van der Waals surface area contributed by atoms with Gasteiger partial charge in [0.15, 0.2) is 0 Å². The first kappa shape index (κ1) is 9.77. The molecule has 13 heavy (non-hydrogen) atoms. The summed E-state index contributed by atoms with van der Waals surface area (Å²) in [7, 11) is 0. The van der Waals surface area contributed by atoms with Crippen molar-refractivity contribution < 1.29 is 9.53 Å². The summed E-state index contributed by atoms with van der Waals surface area (Å²) in [6, 6.07) is 0. The van der Waals surface area contributed by atoms with Gasteiger partial charge in [0, 0.05) is 19.0 Å². The highest BCUT2D eigenvalue weighted by Gasteiger charge is 2.02. The van der Waals surface area contributed by atoms with Gasteiger partial charge in [-0.05, 0) is 13.3 Å². The monoisotopic (exact) mass is 181 g/mol. The highest BCUT2D eigenvalue weighted by atomic mass is 16.5. The molecule has 1 aromatic rings. The van der Waals surface area contributed by atoms with Crippen LogP contribution in [0.5, 0.6) is 0 Å². The average molecular weight is 181 g/mol. The van der Waals surface area contributed by atoms with E-state index < -0.39 is 0 Å². The molecule has 4 heteroatoms. The van der Waals surface area contributed by atoms with E-state index in [0.717, 1.165) is 18.7 Å². The van der Waals surface area contributed by atoms with Gasteiger partial charge in [0.25, 0.3) is 0 Å². The van der Waals surface area contributed by atoms with Gasteiger partial charge in [-0.15, -0.1) is 0 Å². The second-order valence-electron chi connectivity index (χ2n) is 2.63. The third-order valence-corrected chi connectivity index (χ3v) is 1.60. The number of nitrogens with one attached hydrogen (secondary N) is 1. The third-order valence-electron chi connectivity index (χ3n) is 1.60. The fourth-order valence-corrected chi connectivity index (χ4v) is 1.02. The number of esters is 1. The first-order valence-electron chi connectivity index (χ1n) is 4.39. The maximum absolute atomic E-state index is 10.9. The summed E-state index contributed by atoms with van der Waals surface area (Å²) >= 11 is 0. The molecule has 0 unspecified atom stereocenters. The zero-order chi connectivity index (χ0) is 9.52. The SMILES string of the molecule is CCOC(=O)CCCc1n[c]c[nH]1. The number of H-pyrrole nitrogens is 1. The molecule has 0 bridgehead atoms. The molecule has 0 atom stereocenters. The molecule has 0 aliphatic carbocycles. The van der Waals surface area contributed by atoms with Gasteiger partial charge in [-0.3, -0.25) is 4.79 Å². The number of ether oxygens (including phenoxy) is 1. The van der Waals surface area contributed by atoms with E-state index in [-0.39, 0.29) is 5.97 Å². The molecule has 0 spiro atoms. The van der Waals surface area contributed by atoms with Crippen molar-refractivity contribution >= 4 is 5.97 Å². The average Bonchev–Trinajstić information content (AvgIpc) is 2.57. The van der Waals surface area contributed by atoms with Gasteiger partial charge in [-0.25, -0.2) is 4.98 Å². The number of rotatable bonds is 5. The number of aromatic amines is 1. The number of imidazole rings is 1. The predicted octanol–water partition coefficient (Wildman–Crippen LogP) is 1.10. The van der Waals surface area contributed by atoms with Crippen molar-refractivity contribution in [1.82, 2.24) is 9.97 Å². The van der Waals surface area contributed by atoms with E-state index in [4.69, 9.17) is 4.74 Å². The molecule has 1 N–H and O–H groups in total. The summed E-state index contributed by atoms with van der Waals surface area (Å²) in [6.45, 7) is 2.26. The lowest BCUT2D eigenvalue weighted by Gasteiger charge is -1.99. The van der Waals surface area contributed by atoms with Gasteiger partial charge in [0.1, 0.15) is 12.0 Å². The van der Waals surface area contributed by atoms with Crippen LogP contribution in [0.2, 0.25) is 0 Å². The maximum atomic E-state index is 10.9. The molecule has 0 aromatic carbocycles. The minimum atomic E-state index is -0.141. The first-order valence-corrected chi connectivity index (χ1v) is 4.39. The van der Waals surface area contributed by atoms with E-state index in [2.05, 4.69) is 16.2 Å². The Morgan fingerprint density at radius 2 is 2.62 bits per heavy atom. The van der Waals surface area contributed by atoms with E-state index in [1.54, 1.807) is 13.1 Å². The summed E-state index contributed by atoms with van der Waals surface area (Å²) in [4.78, 5) is 17.8. The van der Waals surface area contributed by atoms with Crippen LogP contribution in [0.3, 0.4) is 0 Å². The summed E-state index contributed by atoms with van der Waals surface area (Å²) in [5.74, 6) is 0.724. The lowest BCUT2D eigenvalue weighted by atomic mass is 10.2. The second-order valence-corrected chi connectivity index (χ2v) is 2.63. The highest BCUT2D eigenvalue weighted by Crippen LogP contribution is 1.99. The molecule has 0 fully saturated rings. The predicted molar refractivity (Wildman–Crippen MR) is 47.0 cm³/mol. The van der Waals surface area contributed by atoms with E-state index in [1.807, 2.05) is 0 Å². The zero-order valence-electron chi connectivity index (χ0n) is 7.67.